The van der Waals surface area contributed by atoms with Gasteiger partial charge in [-0.05, 0) is 50.2 Å². The maximum absolute atomic E-state index is 13.1. The van der Waals surface area contributed by atoms with Gasteiger partial charge in [-0.3, -0.25) is 14.5 Å². The molecule has 8 nitrogen and oxygen atoms in total. The summed E-state index contributed by atoms with van der Waals surface area (Å²) in [6.45, 7) is 5.26. The number of anilines is 1. The molecule has 2 atom stereocenters. The van der Waals surface area contributed by atoms with Crippen LogP contribution in [0.4, 0.5) is 9.80 Å². The first-order chi connectivity index (χ1) is 15.6. The van der Waals surface area contributed by atoms with Gasteiger partial charge in [0.15, 0.2) is 0 Å². The van der Waals surface area contributed by atoms with E-state index in [1.807, 2.05) is 19.1 Å². The van der Waals surface area contributed by atoms with Crippen LogP contribution in [0.25, 0.3) is 0 Å². The van der Waals surface area contributed by atoms with Crippen molar-refractivity contribution < 1.29 is 23.9 Å². The molecule has 1 aliphatic heterocycles. The van der Waals surface area contributed by atoms with Gasteiger partial charge in [-0.15, -0.1) is 11.3 Å². The summed E-state index contributed by atoms with van der Waals surface area (Å²) in [6, 6.07) is 6.67. The van der Waals surface area contributed by atoms with Crippen LogP contribution in [0.15, 0.2) is 24.3 Å². The third kappa shape index (κ3) is 4.13. The third-order valence-electron chi connectivity index (χ3n) is 6.36. The Morgan fingerprint density at radius 1 is 1.27 bits per heavy atom. The number of urea groups is 1. The maximum atomic E-state index is 13.1. The molecule has 2 heterocycles. The SMILES string of the molecule is COC(=O)c1c(NC(=O)CN2C(=O)N[C@](C)(c3ccc(C)cc3)C2=O)sc2c1CC[C@@H](C)C2. The lowest BCUT2D eigenvalue weighted by Crippen LogP contribution is -2.42. The Bertz CT molecular complexity index is 1140. The van der Waals surface area contributed by atoms with Crippen molar-refractivity contribution in [3.8, 4) is 0 Å². The minimum Gasteiger partial charge on any atom is -0.465 e. The number of methoxy groups -OCH3 is 1. The molecule has 2 aliphatic rings. The molecule has 33 heavy (non-hydrogen) atoms. The number of ether oxygens (including phenoxy) is 1. The molecule has 0 saturated carbocycles. The normalized spacial score (nSPS) is 22.1. The number of hydrogen-bond acceptors (Lipinski definition) is 6. The van der Waals surface area contributed by atoms with Gasteiger partial charge < -0.3 is 15.4 Å². The molecule has 2 aromatic rings. The quantitative estimate of drug-likeness (QED) is 0.516. The van der Waals surface area contributed by atoms with Crippen molar-refractivity contribution in [3.05, 3.63) is 51.4 Å². The molecule has 4 amide bonds. The van der Waals surface area contributed by atoms with Crippen molar-refractivity contribution >= 4 is 40.2 Å². The predicted octanol–water partition coefficient (Wildman–Crippen LogP) is 3.37. The number of thiophene rings is 1. The molecule has 1 aliphatic carbocycles. The summed E-state index contributed by atoms with van der Waals surface area (Å²) in [5, 5.41) is 5.85. The summed E-state index contributed by atoms with van der Waals surface area (Å²) in [5.74, 6) is -1.06. The summed E-state index contributed by atoms with van der Waals surface area (Å²) < 4.78 is 4.95. The van der Waals surface area contributed by atoms with E-state index in [1.165, 1.54) is 18.4 Å². The highest BCUT2D eigenvalue weighted by atomic mass is 32.1. The van der Waals surface area contributed by atoms with Gasteiger partial charge in [0.05, 0.1) is 12.7 Å². The fourth-order valence-electron chi connectivity index (χ4n) is 4.39. The molecular formula is C24H27N3O5S. The summed E-state index contributed by atoms with van der Waals surface area (Å²) in [5.41, 5.74) is 1.72. The lowest BCUT2D eigenvalue weighted by molar-refractivity contribution is -0.133. The van der Waals surface area contributed by atoms with E-state index in [2.05, 4.69) is 17.6 Å². The van der Waals surface area contributed by atoms with Crippen LogP contribution in [-0.4, -0.2) is 42.4 Å². The molecule has 9 heteroatoms. The van der Waals surface area contributed by atoms with Crippen molar-refractivity contribution in [2.75, 3.05) is 19.0 Å². The zero-order valence-electron chi connectivity index (χ0n) is 19.1. The summed E-state index contributed by atoms with van der Waals surface area (Å²) in [7, 11) is 1.31. The van der Waals surface area contributed by atoms with Crippen molar-refractivity contribution in [1.29, 1.82) is 0 Å². The Labute approximate surface area is 196 Å². The molecular weight excluding hydrogens is 442 g/mol. The number of aryl methyl sites for hydroxylation is 1. The number of amides is 4. The fraction of sp³-hybridized carbons (Fsp3) is 0.417. The van der Waals surface area contributed by atoms with Crippen LogP contribution in [0, 0.1) is 12.8 Å². The van der Waals surface area contributed by atoms with E-state index in [9.17, 15) is 19.2 Å². The molecule has 174 valence electrons. The van der Waals surface area contributed by atoms with Crippen molar-refractivity contribution in [1.82, 2.24) is 10.2 Å². The Morgan fingerprint density at radius 3 is 2.64 bits per heavy atom. The summed E-state index contributed by atoms with van der Waals surface area (Å²) in [4.78, 5) is 53.0. The number of fused-ring (bicyclic) bond motifs is 1. The Morgan fingerprint density at radius 2 is 1.97 bits per heavy atom. The molecule has 0 unspecified atom stereocenters. The monoisotopic (exact) mass is 469 g/mol. The second kappa shape index (κ2) is 8.62. The highest BCUT2D eigenvalue weighted by molar-refractivity contribution is 7.17. The molecule has 1 aromatic heterocycles. The first-order valence-electron chi connectivity index (χ1n) is 10.9. The average molecular weight is 470 g/mol. The van der Waals surface area contributed by atoms with Gasteiger partial charge in [0.1, 0.15) is 17.1 Å². The number of esters is 1. The van der Waals surface area contributed by atoms with Gasteiger partial charge in [0, 0.05) is 4.88 Å². The number of nitrogens with one attached hydrogen (secondary N) is 2. The standard InChI is InChI=1S/C24H27N3O5S/c1-13-5-8-15(9-6-13)24(3)22(30)27(23(31)26-24)12-18(28)25-20-19(21(29)32-4)16-10-7-14(2)11-17(16)33-20/h5-6,8-9,14H,7,10-12H2,1-4H3,(H,25,28)(H,26,31)/t14-,24-/m1/s1. The number of carbonyl (C=O) groups is 4. The first-order valence-corrected chi connectivity index (χ1v) is 11.7. The number of hydrogen-bond donors (Lipinski definition) is 2. The number of nitrogens with zero attached hydrogens (tertiary/aromatic N) is 1. The summed E-state index contributed by atoms with van der Waals surface area (Å²) >= 11 is 1.36. The van der Waals surface area contributed by atoms with E-state index in [0.717, 1.165) is 40.2 Å². The molecule has 1 fully saturated rings. The number of carbonyl (C=O) groups excluding carboxylic acids is 4. The second-order valence-corrected chi connectivity index (χ2v) is 10.0. The van der Waals surface area contributed by atoms with Gasteiger partial charge in [-0.2, -0.15) is 0 Å². The van der Waals surface area contributed by atoms with Crippen LogP contribution in [0.5, 0.6) is 0 Å². The van der Waals surface area contributed by atoms with Gasteiger partial charge in [0.2, 0.25) is 5.91 Å². The van der Waals surface area contributed by atoms with E-state index in [4.69, 9.17) is 4.74 Å². The summed E-state index contributed by atoms with van der Waals surface area (Å²) in [6.07, 6.45) is 2.54. The van der Waals surface area contributed by atoms with Gasteiger partial charge in [-0.25, -0.2) is 9.59 Å². The van der Waals surface area contributed by atoms with Crippen molar-refractivity contribution in [3.63, 3.8) is 0 Å². The van der Waals surface area contributed by atoms with E-state index < -0.39 is 35.9 Å². The average Bonchev–Trinajstić information content (AvgIpc) is 3.22. The number of rotatable bonds is 5. The van der Waals surface area contributed by atoms with Gasteiger partial charge in [-0.1, -0.05) is 36.8 Å². The van der Waals surface area contributed by atoms with E-state index in [0.29, 0.717) is 22.0 Å². The molecule has 4 rings (SSSR count). The third-order valence-corrected chi connectivity index (χ3v) is 7.53. The Kier molecular flexibility index (Phi) is 6.00. The predicted molar refractivity (Wildman–Crippen MR) is 124 cm³/mol. The minimum atomic E-state index is -1.25. The molecule has 0 spiro atoms. The van der Waals surface area contributed by atoms with Crippen LogP contribution in [0.2, 0.25) is 0 Å². The molecule has 2 N–H and O–H groups in total. The highest BCUT2D eigenvalue weighted by Crippen LogP contribution is 2.40. The van der Waals surface area contributed by atoms with Crippen LogP contribution < -0.4 is 10.6 Å². The highest BCUT2D eigenvalue weighted by Gasteiger charge is 2.49. The maximum Gasteiger partial charge on any atom is 0.341 e. The lowest BCUT2D eigenvalue weighted by atomic mass is 9.88. The molecule has 1 aromatic carbocycles. The van der Waals surface area contributed by atoms with Crippen LogP contribution in [0.1, 0.15) is 52.2 Å². The molecule has 0 radical (unpaired) electrons. The van der Waals surface area contributed by atoms with E-state index >= 15 is 0 Å². The van der Waals surface area contributed by atoms with E-state index in [-0.39, 0.29) is 0 Å². The fourth-order valence-corrected chi connectivity index (χ4v) is 5.80. The molecule has 0 bridgehead atoms. The van der Waals surface area contributed by atoms with Crippen molar-refractivity contribution in [2.24, 2.45) is 5.92 Å². The largest absolute Gasteiger partial charge is 0.465 e. The minimum absolute atomic E-state index is 0.374. The topological polar surface area (TPSA) is 105 Å². The Hall–Kier alpha value is -3.20. The molecule has 1 saturated heterocycles. The zero-order valence-corrected chi connectivity index (χ0v) is 19.9. The van der Waals surface area contributed by atoms with Crippen LogP contribution >= 0.6 is 11.3 Å². The number of imide groups is 1. The van der Waals surface area contributed by atoms with Crippen LogP contribution in [0.3, 0.4) is 0 Å². The lowest BCUT2D eigenvalue weighted by Gasteiger charge is -2.22. The zero-order chi connectivity index (χ0) is 23.9. The van der Waals surface area contributed by atoms with E-state index in [1.54, 1.807) is 19.1 Å². The van der Waals surface area contributed by atoms with Crippen molar-refractivity contribution in [2.45, 2.75) is 45.6 Å². The second-order valence-electron chi connectivity index (χ2n) is 8.91. The number of benzene rings is 1. The van der Waals surface area contributed by atoms with Gasteiger partial charge >= 0.3 is 12.0 Å². The van der Waals surface area contributed by atoms with Gasteiger partial charge in [0.25, 0.3) is 5.91 Å². The smallest absolute Gasteiger partial charge is 0.341 e. The Balaban J connectivity index is 1.54. The first kappa shape index (κ1) is 23.0. The van der Waals surface area contributed by atoms with Crippen LogP contribution in [-0.2, 0) is 32.7 Å².